The van der Waals surface area contributed by atoms with Crippen LogP contribution in [0.2, 0.25) is 0 Å². The third kappa shape index (κ3) is 3.94. The normalized spacial score (nSPS) is 11.3. The Morgan fingerprint density at radius 2 is 2.18 bits per heavy atom. The quantitative estimate of drug-likeness (QED) is 0.788. The number of amides is 1. The van der Waals surface area contributed by atoms with E-state index in [4.69, 9.17) is 5.73 Å². The van der Waals surface area contributed by atoms with Crippen molar-refractivity contribution in [2.24, 2.45) is 5.73 Å². The number of nitrogens with one attached hydrogen (secondary N) is 1. The van der Waals surface area contributed by atoms with Gasteiger partial charge in [-0.3, -0.25) is 4.79 Å². The second-order valence-corrected chi connectivity index (χ2v) is 4.32. The third-order valence-electron chi connectivity index (χ3n) is 2.01. The Balaban J connectivity index is 2.74. The van der Waals surface area contributed by atoms with Gasteiger partial charge in [0, 0.05) is 4.47 Å². The van der Waals surface area contributed by atoms with E-state index in [0.717, 1.165) is 0 Å². The predicted octanol–water partition coefficient (Wildman–Crippen LogP) is 1.48. The van der Waals surface area contributed by atoms with Gasteiger partial charge in [-0.25, -0.2) is 8.78 Å². The van der Waals surface area contributed by atoms with Crippen LogP contribution < -0.4 is 11.1 Å². The van der Waals surface area contributed by atoms with E-state index < -0.39 is 24.9 Å². The Bertz CT molecular complexity index is 427. The van der Waals surface area contributed by atoms with Crippen LogP contribution in [-0.2, 0) is 0 Å². The summed E-state index contributed by atoms with van der Waals surface area (Å²) in [4.78, 5) is 11.5. The second-order valence-electron chi connectivity index (χ2n) is 3.40. The third-order valence-corrected chi connectivity index (χ3v) is 2.50. The SMILES string of the molecule is NCC(F)(F)CNC(=O)c1cc(Br)ccc1O. The molecule has 1 rings (SSSR count). The molecule has 1 aromatic carbocycles. The summed E-state index contributed by atoms with van der Waals surface area (Å²) in [6.45, 7) is -1.72. The van der Waals surface area contributed by atoms with Crippen LogP contribution in [0, 0.1) is 0 Å². The zero-order chi connectivity index (χ0) is 13.1. The molecular formula is C10H11BrF2N2O2. The Morgan fingerprint density at radius 3 is 2.76 bits per heavy atom. The van der Waals surface area contributed by atoms with Gasteiger partial charge in [0.15, 0.2) is 0 Å². The molecule has 0 saturated heterocycles. The van der Waals surface area contributed by atoms with Crippen molar-refractivity contribution in [1.29, 1.82) is 0 Å². The fourth-order valence-electron chi connectivity index (χ4n) is 1.07. The van der Waals surface area contributed by atoms with Gasteiger partial charge < -0.3 is 16.2 Å². The number of carbonyl (C=O) groups excluding carboxylic acids is 1. The van der Waals surface area contributed by atoms with Gasteiger partial charge in [0.05, 0.1) is 18.7 Å². The highest BCUT2D eigenvalue weighted by molar-refractivity contribution is 9.10. The maximum atomic E-state index is 12.8. The molecule has 1 aromatic rings. The summed E-state index contributed by atoms with van der Waals surface area (Å²) < 4.78 is 26.2. The first-order valence-electron chi connectivity index (χ1n) is 4.70. The van der Waals surface area contributed by atoms with Gasteiger partial charge in [-0.1, -0.05) is 15.9 Å². The Kier molecular flexibility index (Phi) is 4.41. The highest BCUT2D eigenvalue weighted by atomic mass is 79.9. The van der Waals surface area contributed by atoms with E-state index in [1.807, 2.05) is 5.32 Å². The summed E-state index contributed by atoms with van der Waals surface area (Å²) in [5, 5.41) is 11.4. The van der Waals surface area contributed by atoms with Crippen LogP contribution in [0.4, 0.5) is 8.78 Å². The lowest BCUT2D eigenvalue weighted by Crippen LogP contribution is -2.41. The molecule has 0 radical (unpaired) electrons. The summed E-state index contributed by atoms with van der Waals surface area (Å²) in [6, 6.07) is 4.16. The van der Waals surface area contributed by atoms with Crippen molar-refractivity contribution in [3.63, 3.8) is 0 Å². The van der Waals surface area contributed by atoms with Gasteiger partial charge in [0.1, 0.15) is 5.75 Å². The van der Waals surface area contributed by atoms with Crippen LogP contribution in [0.3, 0.4) is 0 Å². The van der Waals surface area contributed by atoms with Crippen LogP contribution >= 0.6 is 15.9 Å². The monoisotopic (exact) mass is 308 g/mol. The molecule has 1 amide bonds. The molecule has 7 heteroatoms. The van der Waals surface area contributed by atoms with E-state index in [9.17, 15) is 18.7 Å². The van der Waals surface area contributed by atoms with Crippen molar-refractivity contribution < 1.29 is 18.7 Å². The molecule has 0 aliphatic rings. The predicted molar refractivity (Wildman–Crippen MR) is 62.1 cm³/mol. The lowest BCUT2D eigenvalue weighted by molar-refractivity contribution is 0.0118. The van der Waals surface area contributed by atoms with E-state index in [1.165, 1.54) is 18.2 Å². The van der Waals surface area contributed by atoms with Gasteiger partial charge >= 0.3 is 0 Å². The number of carbonyl (C=O) groups is 1. The average molecular weight is 309 g/mol. The Labute approximate surface area is 105 Å². The number of benzene rings is 1. The lowest BCUT2D eigenvalue weighted by Gasteiger charge is -2.14. The first kappa shape index (κ1) is 13.9. The maximum absolute atomic E-state index is 12.8. The minimum absolute atomic E-state index is 0.0767. The molecule has 0 saturated carbocycles. The van der Waals surface area contributed by atoms with Gasteiger partial charge in [-0.05, 0) is 18.2 Å². The minimum atomic E-state index is -3.16. The summed E-state index contributed by atoms with van der Waals surface area (Å²) >= 11 is 3.11. The second kappa shape index (κ2) is 5.42. The van der Waals surface area contributed by atoms with Crippen LogP contribution in [0.5, 0.6) is 5.75 Å². The number of nitrogens with two attached hydrogens (primary N) is 1. The number of aromatic hydroxyl groups is 1. The van der Waals surface area contributed by atoms with Crippen molar-refractivity contribution in [3.05, 3.63) is 28.2 Å². The van der Waals surface area contributed by atoms with Gasteiger partial charge in [-0.2, -0.15) is 0 Å². The van der Waals surface area contributed by atoms with E-state index in [2.05, 4.69) is 15.9 Å². The van der Waals surface area contributed by atoms with Gasteiger partial charge in [0.25, 0.3) is 11.8 Å². The molecule has 17 heavy (non-hydrogen) atoms. The summed E-state index contributed by atoms with van der Waals surface area (Å²) in [5.41, 5.74) is 4.75. The van der Waals surface area contributed by atoms with E-state index >= 15 is 0 Å². The number of halogens is 3. The fraction of sp³-hybridized carbons (Fsp3) is 0.300. The molecule has 0 spiro atoms. The number of hydrogen-bond donors (Lipinski definition) is 3. The van der Waals surface area contributed by atoms with Crippen molar-refractivity contribution >= 4 is 21.8 Å². The van der Waals surface area contributed by atoms with Crippen LogP contribution in [0.15, 0.2) is 22.7 Å². The summed E-state index contributed by atoms with van der Waals surface area (Å²) in [6.07, 6.45) is 0. The molecular weight excluding hydrogens is 298 g/mol. The highest BCUT2D eigenvalue weighted by Crippen LogP contribution is 2.21. The van der Waals surface area contributed by atoms with E-state index in [-0.39, 0.29) is 11.3 Å². The Hall–Kier alpha value is -1.21. The van der Waals surface area contributed by atoms with E-state index in [1.54, 1.807) is 0 Å². The van der Waals surface area contributed by atoms with Crippen LogP contribution in [0.25, 0.3) is 0 Å². The van der Waals surface area contributed by atoms with Crippen molar-refractivity contribution in [3.8, 4) is 5.75 Å². The van der Waals surface area contributed by atoms with Crippen molar-refractivity contribution in [1.82, 2.24) is 5.32 Å². The topological polar surface area (TPSA) is 75.3 Å². The first-order valence-corrected chi connectivity index (χ1v) is 5.49. The molecule has 0 bridgehead atoms. The number of phenols is 1. The molecule has 94 valence electrons. The lowest BCUT2D eigenvalue weighted by atomic mass is 10.2. The molecule has 0 unspecified atom stereocenters. The fourth-order valence-corrected chi connectivity index (χ4v) is 1.43. The average Bonchev–Trinajstić information content (AvgIpc) is 2.29. The Morgan fingerprint density at radius 1 is 1.53 bits per heavy atom. The molecule has 0 fully saturated rings. The van der Waals surface area contributed by atoms with Crippen molar-refractivity contribution in [2.75, 3.05) is 13.1 Å². The zero-order valence-electron chi connectivity index (χ0n) is 8.71. The number of alkyl halides is 2. The zero-order valence-corrected chi connectivity index (χ0v) is 10.3. The van der Waals surface area contributed by atoms with Crippen LogP contribution in [-0.4, -0.2) is 30.0 Å². The summed E-state index contributed by atoms with van der Waals surface area (Å²) in [7, 11) is 0. The number of hydrogen-bond acceptors (Lipinski definition) is 3. The molecule has 0 aromatic heterocycles. The maximum Gasteiger partial charge on any atom is 0.277 e. The first-order chi connectivity index (χ1) is 7.85. The molecule has 0 aliphatic carbocycles. The van der Waals surface area contributed by atoms with E-state index in [0.29, 0.717) is 4.47 Å². The smallest absolute Gasteiger partial charge is 0.277 e. The van der Waals surface area contributed by atoms with Crippen molar-refractivity contribution in [2.45, 2.75) is 5.92 Å². The number of phenolic OH excluding ortho intramolecular Hbond substituents is 1. The standard InChI is InChI=1S/C10H11BrF2N2O2/c11-6-1-2-8(16)7(3-6)9(17)15-5-10(12,13)4-14/h1-3,16H,4-5,14H2,(H,15,17). The van der Waals surface area contributed by atoms with Gasteiger partial charge in [-0.15, -0.1) is 0 Å². The molecule has 0 atom stereocenters. The minimum Gasteiger partial charge on any atom is -0.507 e. The number of rotatable bonds is 4. The molecule has 4 nitrogen and oxygen atoms in total. The largest absolute Gasteiger partial charge is 0.507 e. The highest BCUT2D eigenvalue weighted by Gasteiger charge is 2.27. The molecule has 4 N–H and O–H groups in total. The van der Waals surface area contributed by atoms with Crippen LogP contribution in [0.1, 0.15) is 10.4 Å². The molecule has 0 aliphatic heterocycles. The van der Waals surface area contributed by atoms with Gasteiger partial charge in [0.2, 0.25) is 0 Å². The summed E-state index contributed by atoms with van der Waals surface area (Å²) in [5.74, 6) is -4.21. The molecule has 0 heterocycles.